The number of rotatable bonds is 7. The number of hydrogen-bond acceptors (Lipinski definition) is 2. The first-order valence-electron chi connectivity index (χ1n) is 9.50. The van der Waals surface area contributed by atoms with Crippen molar-refractivity contribution in [2.24, 2.45) is 4.99 Å². The minimum Gasteiger partial charge on any atom is -0.356 e. The number of benzene rings is 2. The number of nitrogens with one attached hydrogen (secondary N) is 2. The molecule has 1 aromatic heterocycles. The molecule has 2 aromatic carbocycles. The maximum atomic E-state index is 14.0. The highest BCUT2D eigenvalue weighted by Gasteiger charge is 2.12. The standard InChI is InChI=1S/C22H25F2N5.HI/c1-16(20-9-8-19(23)12-21(20)24)13-26-22(25-2)27-14-17-6-3-4-7-18(17)15-29-11-5-10-28-29;/h3-12,16H,13-15H2,1-2H3,(H2,25,26,27);1H. The monoisotopic (exact) mass is 525 g/mol. The lowest BCUT2D eigenvalue weighted by atomic mass is 10.0. The number of aromatic nitrogens is 2. The van der Waals surface area contributed by atoms with E-state index in [1.54, 1.807) is 13.2 Å². The molecule has 0 saturated carbocycles. The number of hydrogen-bond donors (Lipinski definition) is 2. The number of guanidine groups is 1. The lowest BCUT2D eigenvalue weighted by Gasteiger charge is -2.18. The second kappa shape index (κ2) is 11.6. The fraction of sp³-hybridized carbons (Fsp3) is 0.273. The Hall–Kier alpha value is -2.49. The first kappa shape index (κ1) is 23.8. The summed E-state index contributed by atoms with van der Waals surface area (Å²) in [6.07, 6.45) is 3.69. The summed E-state index contributed by atoms with van der Waals surface area (Å²) in [4.78, 5) is 4.23. The van der Waals surface area contributed by atoms with E-state index in [1.807, 2.05) is 36.0 Å². The van der Waals surface area contributed by atoms with E-state index in [2.05, 4.69) is 32.9 Å². The molecule has 8 heteroatoms. The quantitative estimate of drug-likeness (QED) is 0.275. The van der Waals surface area contributed by atoms with Crippen LogP contribution >= 0.6 is 24.0 Å². The Bertz CT molecular complexity index is 960. The predicted molar refractivity (Wildman–Crippen MR) is 126 cm³/mol. The number of aliphatic imine (C=N–C) groups is 1. The van der Waals surface area contributed by atoms with Gasteiger partial charge in [0.2, 0.25) is 0 Å². The summed E-state index contributed by atoms with van der Waals surface area (Å²) in [5, 5.41) is 10.8. The minimum absolute atomic E-state index is 0. The van der Waals surface area contributed by atoms with Gasteiger partial charge in [-0.2, -0.15) is 5.10 Å². The van der Waals surface area contributed by atoms with Crippen molar-refractivity contribution in [3.05, 3.63) is 89.2 Å². The van der Waals surface area contributed by atoms with Gasteiger partial charge in [-0.3, -0.25) is 9.67 Å². The summed E-state index contributed by atoms with van der Waals surface area (Å²) >= 11 is 0. The topological polar surface area (TPSA) is 54.2 Å². The Balaban J connectivity index is 0.00000320. The average molecular weight is 525 g/mol. The summed E-state index contributed by atoms with van der Waals surface area (Å²) in [5.74, 6) is -0.623. The third-order valence-corrected chi connectivity index (χ3v) is 4.75. The molecule has 3 aromatic rings. The molecule has 5 nitrogen and oxygen atoms in total. The molecule has 160 valence electrons. The van der Waals surface area contributed by atoms with Gasteiger partial charge in [-0.1, -0.05) is 37.3 Å². The van der Waals surface area contributed by atoms with Crippen molar-refractivity contribution in [1.82, 2.24) is 20.4 Å². The smallest absolute Gasteiger partial charge is 0.191 e. The van der Waals surface area contributed by atoms with Gasteiger partial charge in [0, 0.05) is 44.5 Å². The van der Waals surface area contributed by atoms with Gasteiger partial charge in [-0.25, -0.2) is 8.78 Å². The number of halogens is 3. The Morgan fingerprint density at radius 2 is 1.87 bits per heavy atom. The van der Waals surface area contributed by atoms with Gasteiger partial charge in [0.15, 0.2) is 5.96 Å². The van der Waals surface area contributed by atoms with Crippen LogP contribution in [0.2, 0.25) is 0 Å². The lowest BCUT2D eigenvalue weighted by molar-refractivity contribution is 0.556. The molecule has 0 radical (unpaired) electrons. The molecule has 3 rings (SSSR count). The van der Waals surface area contributed by atoms with Crippen molar-refractivity contribution in [2.45, 2.75) is 25.9 Å². The highest BCUT2D eigenvalue weighted by molar-refractivity contribution is 14.0. The molecule has 2 N–H and O–H groups in total. The molecule has 30 heavy (non-hydrogen) atoms. The molecule has 0 aliphatic rings. The van der Waals surface area contributed by atoms with Crippen molar-refractivity contribution < 1.29 is 8.78 Å². The van der Waals surface area contributed by atoms with E-state index in [9.17, 15) is 8.78 Å². The molecular formula is C22H26F2IN5. The Morgan fingerprint density at radius 3 is 2.53 bits per heavy atom. The van der Waals surface area contributed by atoms with Gasteiger partial charge in [0.1, 0.15) is 11.6 Å². The predicted octanol–water partition coefficient (Wildman–Crippen LogP) is 4.30. The molecule has 1 heterocycles. The molecule has 0 bridgehead atoms. The second-order valence-electron chi connectivity index (χ2n) is 6.85. The third kappa shape index (κ3) is 6.51. The largest absolute Gasteiger partial charge is 0.356 e. The van der Waals surface area contributed by atoms with Crippen LogP contribution < -0.4 is 10.6 Å². The van der Waals surface area contributed by atoms with Crippen molar-refractivity contribution in [2.75, 3.05) is 13.6 Å². The van der Waals surface area contributed by atoms with Crippen LogP contribution in [-0.4, -0.2) is 29.3 Å². The lowest BCUT2D eigenvalue weighted by Crippen LogP contribution is -2.38. The first-order chi connectivity index (χ1) is 14.1. The van der Waals surface area contributed by atoms with E-state index in [-0.39, 0.29) is 29.9 Å². The summed E-state index contributed by atoms with van der Waals surface area (Å²) in [6.45, 7) is 3.64. The van der Waals surface area contributed by atoms with E-state index in [0.29, 0.717) is 31.2 Å². The zero-order chi connectivity index (χ0) is 20.6. The van der Waals surface area contributed by atoms with E-state index in [4.69, 9.17) is 0 Å². The zero-order valence-electron chi connectivity index (χ0n) is 17.0. The SMILES string of the molecule is CN=C(NCc1ccccc1Cn1cccn1)NCC(C)c1ccc(F)cc1F.I. The summed E-state index contributed by atoms with van der Waals surface area (Å²) in [6, 6.07) is 13.7. The molecule has 0 aliphatic heterocycles. The maximum Gasteiger partial charge on any atom is 0.191 e. The van der Waals surface area contributed by atoms with E-state index >= 15 is 0 Å². The molecule has 0 saturated heterocycles. The summed E-state index contributed by atoms with van der Waals surface area (Å²) < 4.78 is 28.9. The first-order valence-corrected chi connectivity index (χ1v) is 9.50. The maximum absolute atomic E-state index is 14.0. The third-order valence-electron chi connectivity index (χ3n) is 4.75. The van der Waals surface area contributed by atoms with Gasteiger partial charge < -0.3 is 10.6 Å². The summed E-state index contributed by atoms with van der Waals surface area (Å²) in [5.41, 5.74) is 2.78. The fourth-order valence-corrected chi connectivity index (χ4v) is 3.11. The zero-order valence-corrected chi connectivity index (χ0v) is 19.3. The van der Waals surface area contributed by atoms with Gasteiger partial charge in [0.05, 0.1) is 6.54 Å². The fourth-order valence-electron chi connectivity index (χ4n) is 3.11. The van der Waals surface area contributed by atoms with Crippen LogP contribution in [0.1, 0.15) is 29.5 Å². The molecule has 0 fully saturated rings. The van der Waals surface area contributed by atoms with E-state index in [1.165, 1.54) is 17.7 Å². The average Bonchev–Trinajstić information content (AvgIpc) is 3.22. The van der Waals surface area contributed by atoms with Crippen LogP contribution in [0, 0.1) is 11.6 Å². The molecule has 0 spiro atoms. The van der Waals surface area contributed by atoms with Crippen LogP contribution in [0.4, 0.5) is 8.78 Å². The van der Waals surface area contributed by atoms with Gasteiger partial charge >= 0.3 is 0 Å². The van der Waals surface area contributed by atoms with Crippen molar-refractivity contribution in [3.8, 4) is 0 Å². The Labute approximate surface area is 192 Å². The van der Waals surface area contributed by atoms with Crippen LogP contribution in [-0.2, 0) is 13.1 Å². The van der Waals surface area contributed by atoms with Gasteiger partial charge in [-0.05, 0) is 28.8 Å². The molecule has 1 atom stereocenters. The highest BCUT2D eigenvalue weighted by atomic mass is 127. The van der Waals surface area contributed by atoms with Crippen molar-refractivity contribution in [1.29, 1.82) is 0 Å². The van der Waals surface area contributed by atoms with Gasteiger partial charge in [-0.15, -0.1) is 24.0 Å². The minimum atomic E-state index is -0.572. The van der Waals surface area contributed by atoms with Crippen LogP contribution in [0.3, 0.4) is 0 Å². The van der Waals surface area contributed by atoms with Crippen molar-refractivity contribution in [3.63, 3.8) is 0 Å². The van der Waals surface area contributed by atoms with Gasteiger partial charge in [0.25, 0.3) is 0 Å². The Morgan fingerprint density at radius 1 is 1.10 bits per heavy atom. The summed E-state index contributed by atoms with van der Waals surface area (Å²) in [7, 11) is 1.69. The molecule has 0 amide bonds. The molecule has 1 unspecified atom stereocenters. The van der Waals surface area contributed by atoms with E-state index in [0.717, 1.165) is 11.6 Å². The number of nitrogens with zero attached hydrogens (tertiary/aromatic N) is 3. The Kier molecular flexibility index (Phi) is 9.22. The van der Waals surface area contributed by atoms with Crippen LogP contribution in [0.15, 0.2) is 65.9 Å². The molecule has 0 aliphatic carbocycles. The second-order valence-corrected chi connectivity index (χ2v) is 6.85. The normalized spacial score (nSPS) is 12.2. The van der Waals surface area contributed by atoms with Crippen molar-refractivity contribution >= 4 is 29.9 Å². The molecular weight excluding hydrogens is 499 g/mol. The van der Waals surface area contributed by atoms with E-state index < -0.39 is 11.6 Å². The van der Waals surface area contributed by atoms with Crippen LogP contribution in [0.25, 0.3) is 0 Å². The van der Waals surface area contributed by atoms with Crippen LogP contribution in [0.5, 0.6) is 0 Å². The highest BCUT2D eigenvalue weighted by Crippen LogP contribution is 2.19.